The number of hydrogen-bond acceptors (Lipinski definition) is 4. The van der Waals surface area contributed by atoms with Crippen molar-refractivity contribution in [1.82, 2.24) is 19.1 Å². The van der Waals surface area contributed by atoms with Crippen LogP contribution >= 0.6 is 24.0 Å². The molecular formula is C18H34IN5O3S. The Balaban J connectivity index is 0.00000392. The molecule has 1 N–H and O–H groups in total. The van der Waals surface area contributed by atoms with Crippen LogP contribution in [0.15, 0.2) is 23.3 Å². The Kier molecular flexibility index (Phi) is 10.2. The number of rotatable bonds is 7. The molecule has 28 heavy (non-hydrogen) atoms. The zero-order chi connectivity index (χ0) is 20.0. The topological polar surface area (TPSA) is 79.2 Å². The Bertz CT molecular complexity index is 727. The van der Waals surface area contributed by atoms with Crippen molar-refractivity contribution in [3.05, 3.63) is 24.0 Å². The molecule has 0 saturated carbocycles. The lowest BCUT2D eigenvalue weighted by atomic mass is 10.3. The van der Waals surface area contributed by atoms with Crippen LogP contribution in [-0.2, 0) is 28.4 Å². The summed E-state index contributed by atoms with van der Waals surface area (Å²) in [5.41, 5.74) is 1.16. The predicted octanol–water partition coefficient (Wildman–Crippen LogP) is 1.48. The van der Waals surface area contributed by atoms with E-state index in [2.05, 4.69) is 20.9 Å². The van der Waals surface area contributed by atoms with E-state index >= 15 is 0 Å². The van der Waals surface area contributed by atoms with Crippen LogP contribution in [0, 0.1) is 0 Å². The van der Waals surface area contributed by atoms with Crippen molar-refractivity contribution in [2.45, 2.75) is 39.5 Å². The third-order valence-corrected chi connectivity index (χ3v) is 6.32. The van der Waals surface area contributed by atoms with E-state index in [0.29, 0.717) is 25.6 Å². The van der Waals surface area contributed by atoms with Crippen molar-refractivity contribution in [3.63, 3.8) is 0 Å². The standard InChI is InChI=1S/C18H33N5O3S.HI/c1-6-19-18(22(5)14-17-8-7-10-21(17)4)20-9-11-27(24,25)23-12-15(2)26-16(3)13-23;/h7-8,10,15-16H,6,9,11-14H2,1-5H3,(H,19,20);1H. The van der Waals surface area contributed by atoms with Gasteiger partial charge in [0.05, 0.1) is 31.1 Å². The Labute approximate surface area is 186 Å². The maximum Gasteiger partial charge on any atom is 0.216 e. The lowest BCUT2D eigenvalue weighted by Gasteiger charge is -2.34. The molecule has 0 amide bonds. The van der Waals surface area contributed by atoms with Crippen LogP contribution in [-0.4, -0.2) is 79.3 Å². The van der Waals surface area contributed by atoms with Gasteiger partial charge in [-0.1, -0.05) is 0 Å². The molecule has 2 unspecified atom stereocenters. The van der Waals surface area contributed by atoms with Gasteiger partial charge in [-0.2, -0.15) is 4.31 Å². The average molecular weight is 527 g/mol. The van der Waals surface area contributed by atoms with Crippen molar-refractivity contribution in [3.8, 4) is 0 Å². The van der Waals surface area contributed by atoms with Crippen LogP contribution in [0.25, 0.3) is 0 Å². The second-order valence-corrected chi connectivity index (χ2v) is 9.18. The first kappa shape index (κ1) is 25.2. The molecule has 0 aliphatic carbocycles. The van der Waals surface area contributed by atoms with E-state index in [1.54, 1.807) is 0 Å². The van der Waals surface area contributed by atoms with Gasteiger partial charge in [0.15, 0.2) is 5.96 Å². The highest BCUT2D eigenvalue weighted by Crippen LogP contribution is 2.14. The second kappa shape index (κ2) is 11.4. The highest BCUT2D eigenvalue weighted by atomic mass is 127. The number of aryl methyl sites for hydroxylation is 1. The molecule has 2 rings (SSSR count). The van der Waals surface area contributed by atoms with Gasteiger partial charge in [0, 0.05) is 45.6 Å². The molecule has 1 fully saturated rings. The molecule has 2 atom stereocenters. The Morgan fingerprint density at radius 1 is 1.36 bits per heavy atom. The summed E-state index contributed by atoms with van der Waals surface area (Å²) in [4.78, 5) is 6.53. The summed E-state index contributed by atoms with van der Waals surface area (Å²) < 4.78 is 34.5. The maximum absolute atomic E-state index is 12.7. The molecule has 0 aromatic carbocycles. The van der Waals surface area contributed by atoms with Crippen LogP contribution in [0.4, 0.5) is 0 Å². The molecule has 1 aromatic heterocycles. The third-order valence-electron chi connectivity index (χ3n) is 4.54. The highest BCUT2D eigenvalue weighted by molar-refractivity contribution is 14.0. The van der Waals surface area contributed by atoms with Gasteiger partial charge in [-0.05, 0) is 32.9 Å². The van der Waals surface area contributed by atoms with Crippen molar-refractivity contribution < 1.29 is 13.2 Å². The minimum absolute atomic E-state index is 0. The first-order valence-electron chi connectivity index (χ1n) is 9.46. The van der Waals surface area contributed by atoms with E-state index < -0.39 is 10.0 Å². The summed E-state index contributed by atoms with van der Waals surface area (Å²) in [6, 6.07) is 4.06. The molecule has 1 saturated heterocycles. The maximum atomic E-state index is 12.7. The second-order valence-electron chi connectivity index (χ2n) is 7.09. The van der Waals surface area contributed by atoms with Gasteiger partial charge in [-0.25, -0.2) is 8.42 Å². The Hall–Kier alpha value is -0.850. The van der Waals surface area contributed by atoms with E-state index in [9.17, 15) is 8.42 Å². The van der Waals surface area contributed by atoms with E-state index in [1.807, 2.05) is 52.0 Å². The average Bonchev–Trinajstić information content (AvgIpc) is 2.98. The monoisotopic (exact) mass is 527 g/mol. The number of halogens is 1. The molecule has 1 aliphatic heterocycles. The number of aromatic nitrogens is 1. The lowest BCUT2D eigenvalue weighted by molar-refractivity contribution is -0.0440. The minimum Gasteiger partial charge on any atom is -0.373 e. The summed E-state index contributed by atoms with van der Waals surface area (Å²) in [6.07, 6.45) is 1.84. The molecule has 8 nitrogen and oxygen atoms in total. The van der Waals surface area contributed by atoms with Crippen molar-refractivity contribution in [2.75, 3.05) is 39.0 Å². The van der Waals surface area contributed by atoms with Crippen molar-refractivity contribution >= 4 is 40.0 Å². The molecule has 2 heterocycles. The SMILES string of the molecule is CCNC(=NCCS(=O)(=O)N1CC(C)OC(C)C1)N(C)Cc1cccn1C.I. The van der Waals surface area contributed by atoms with E-state index in [0.717, 1.165) is 12.2 Å². The van der Waals surface area contributed by atoms with E-state index in [-0.39, 0.29) is 48.5 Å². The molecule has 0 bridgehead atoms. The van der Waals surface area contributed by atoms with Crippen LogP contribution in [0.1, 0.15) is 26.5 Å². The minimum atomic E-state index is -3.35. The molecule has 1 aromatic rings. The predicted molar refractivity (Wildman–Crippen MR) is 124 cm³/mol. The van der Waals surface area contributed by atoms with E-state index in [1.165, 1.54) is 4.31 Å². The van der Waals surface area contributed by atoms with Crippen LogP contribution in [0.2, 0.25) is 0 Å². The molecule has 162 valence electrons. The highest BCUT2D eigenvalue weighted by Gasteiger charge is 2.30. The van der Waals surface area contributed by atoms with Gasteiger partial charge in [0.2, 0.25) is 10.0 Å². The van der Waals surface area contributed by atoms with Gasteiger partial charge < -0.3 is 19.5 Å². The summed E-state index contributed by atoms with van der Waals surface area (Å²) in [5, 5.41) is 3.23. The van der Waals surface area contributed by atoms with Crippen molar-refractivity contribution in [1.29, 1.82) is 0 Å². The number of ether oxygens (including phenoxy) is 1. The fourth-order valence-corrected chi connectivity index (χ4v) is 4.66. The van der Waals surface area contributed by atoms with Gasteiger partial charge in [-0.15, -0.1) is 24.0 Å². The molecule has 0 spiro atoms. The van der Waals surface area contributed by atoms with Crippen molar-refractivity contribution in [2.24, 2.45) is 12.0 Å². The summed E-state index contributed by atoms with van der Waals surface area (Å²) in [6.45, 7) is 8.26. The zero-order valence-electron chi connectivity index (χ0n) is 17.5. The fraction of sp³-hybridized carbons (Fsp3) is 0.722. The molecule has 1 aliphatic rings. The van der Waals surface area contributed by atoms with Crippen LogP contribution in [0.5, 0.6) is 0 Å². The summed E-state index contributed by atoms with van der Waals surface area (Å²) in [7, 11) is 0.611. The fourth-order valence-electron chi connectivity index (χ4n) is 3.20. The number of sulfonamides is 1. The largest absolute Gasteiger partial charge is 0.373 e. The summed E-state index contributed by atoms with van der Waals surface area (Å²) in [5.74, 6) is 0.705. The zero-order valence-corrected chi connectivity index (χ0v) is 20.6. The van der Waals surface area contributed by atoms with E-state index in [4.69, 9.17) is 4.74 Å². The summed E-state index contributed by atoms with van der Waals surface area (Å²) >= 11 is 0. The van der Waals surface area contributed by atoms with Gasteiger partial charge in [0.1, 0.15) is 0 Å². The molecular weight excluding hydrogens is 493 g/mol. The van der Waals surface area contributed by atoms with Crippen LogP contribution in [0.3, 0.4) is 0 Å². The normalized spacial score (nSPS) is 21.2. The van der Waals surface area contributed by atoms with Crippen LogP contribution < -0.4 is 5.32 Å². The third kappa shape index (κ3) is 7.20. The number of hydrogen-bond donors (Lipinski definition) is 1. The Morgan fingerprint density at radius 3 is 2.54 bits per heavy atom. The quantitative estimate of drug-likeness (QED) is 0.330. The first-order chi connectivity index (χ1) is 12.7. The molecule has 0 radical (unpaired) electrons. The van der Waals surface area contributed by atoms with Gasteiger partial charge in [0.25, 0.3) is 0 Å². The smallest absolute Gasteiger partial charge is 0.216 e. The van der Waals surface area contributed by atoms with Gasteiger partial charge in [-0.3, -0.25) is 4.99 Å². The lowest BCUT2D eigenvalue weighted by Crippen LogP contribution is -2.49. The first-order valence-corrected chi connectivity index (χ1v) is 11.1. The number of nitrogens with zero attached hydrogens (tertiary/aromatic N) is 4. The number of aliphatic imine (C=N–C) groups is 1. The Morgan fingerprint density at radius 2 is 2.00 bits per heavy atom. The number of guanidine groups is 1. The number of morpholine rings is 1. The molecule has 10 heteroatoms. The van der Waals surface area contributed by atoms with Gasteiger partial charge >= 0.3 is 0 Å². The number of nitrogens with one attached hydrogen (secondary N) is 1.